The molecule has 8 heteroatoms. The molecule has 0 saturated heterocycles. The number of carbonyl (C=O) groups is 1. The van der Waals surface area contributed by atoms with E-state index in [-0.39, 0.29) is 5.41 Å². The Kier molecular flexibility index (Phi) is 5.02. The Morgan fingerprint density at radius 3 is 2.39 bits per heavy atom. The van der Waals surface area contributed by atoms with Gasteiger partial charge in [0.15, 0.2) is 5.49 Å². The lowest BCUT2D eigenvalue weighted by molar-refractivity contribution is -0.140. The summed E-state index contributed by atoms with van der Waals surface area (Å²) < 4.78 is 56.8. The molecule has 1 fully saturated rings. The lowest BCUT2D eigenvalue weighted by Crippen LogP contribution is -2.26. The van der Waals surface area contributed by atoms with Gasteiger partial charge in [-0.05, 0) is 30.9 Å². The first-order valence-electron chi connectivity index (χ1n) is 9.11. The highest BCUT2D eigenvalue weighted by molar-refractivity contribution is 5.95. The summed E-state index contributed by atoms with van der Waals surface area (Å²) >= 11 is 0. The smallest absolute Gasteiger partial charge is 0.291 e. The van der Waals surface area contributed by atoms with E-state index < -0.39 is 29.0 Å². The molecule has 0 atom stereocenters. The van der Waals surface area contributed by atoms with Crippen LogP contribution in [0.15, 0.2) is 29.3 Å². The standard InChI is InChI=1S/C20H23F4N3O/c1-19(2,3)15-10-16(27(26(15)4)11-12-8-9-12)25-18(28)13-6-5-7-14(17(13)21)20(22,23)24/h5-7,10,12H,8-9,11H2,1-4H3/b25-16+. The number of amides is 1. The fourth-order valence-electron chi connectivity index (χ4n) is 3.21. The van der Waals surface area contributed by atoms with Gasteiger partial charge in [0.2, 0.25) is 0 Å². The predicted molar refractivity (Wildman–Crippen MR) is 96.1 cm³/mol. The van der Waals surface area contributed by atoms with Crippen molar-refractivity contribution < 1.29 is 22.4 Å². The average Bonchev–Trinajstić information content (AvgIpc) is 3.32. The third-order valence-electron chi connectivity index (χ3n) is 4.89. The van der Waals surface area contributed by atoms with Crippen molar-refractivity contribution in [1.29, 1.82) is 0 Å². The second-order valence-corrected chi connectivity index (χ2v) is 8.27. The predicted octanol–water partition coefficient (Wildman–Crippen LogP) is 4.43. The van der Waals surface area contributed by atoms with Gasteiger partial charge in [0.1, 0.15) is 5.82 Å². The molecule has 2 aromatic rings. The van der Waals surface area contributed by atoms with Gasteiger partial charge in [-0.3, -0.25) is 14.2 Å². The van der Waals surface area contributed by atoms with Gasteiger partial charge in [-0.15, -0.1) is 0 Å². The van der Waals surface area contributed by atoms with Crippen LogP contribution in [-0.2, 0) is 25.2 Å². The Morgan fingerprint density at radius 1 is 1.21 bits per heavy atom. The minimum atomic E-state index is -4.88. The van der Waals surface area contributed by atoms with Crippen molar-refractivity contribution in [3.63, 3.8) is 0 Å². The van der Waals surface area contributed by atoms with Crippen LogP contribution < -0.4 is 5.49 Å². The van der Waals surface area contributed by atoms with E-state index in [9.17, 15) is 22.4 Å². The van der Waals surface area contributed by atoms with Gasteiger partial charge in [-0.1, -0.05) is 26.8 Å². The number of nitrogens with zero attached hydrogens (tertiary/aromatic N) is 3. The number of rotatable bonds is 3. The summed E-state index contributed by atoms with van der Waals surface area (Å²) in [6.45, 7) is 6.70. The maximum Gasteiger partial charge on any atom is 0.419 e. The lowest BCUT2D eigenvalue weighted by atomic mass is 9.92. The molecule has 0 aliphatic heterocycles. The Labute approximate surface area is 160 Å². The molecule has 3 rings (SSSR count). The number of carbonyl (C=O) groups excluding carboxylic acids is 1. The summed E-state index contributed by atoms with van der Waals surface area (Å²) in [6, 6.07) is 4.39. The zero-order valence-corrected chi connectivity index (χ0v) is 16.3. The van der Waals surface area contributed by atoms with Crippen molar-refractivity contribution in [2.24, 2.45) is 18.0 Å². The molecule has 152 valence electrons. The number of hydrogen-bond acceptors (Lipinski definition) is 1. The molecule has 0 N–H and O–H groups in total. The highest BCUT2D eigenvalue weighted by Gasteiger charge is 2.35. The topological polar surface area (TPSA) is 39.3 Å². The molecule has 1 aliphatic carbocycles. The summed E-state index contributed by atoms with van der Waals surface area (Å²) in [6.07, 6.45) is -2.71. The molecule has 1 aliphatic rings. The average molecular weight is 397 g/mol. The molecule has 1 heterocycles. The van der Waals surface area contributed by atoms with Gasteiger partial charge in [-0.25, -0.2) is 4.39 Å². The minimum Gasteiger partial charge on any atom is -0.291 e. The van der Waals surface area contributed by atoms with Crippen molar-refractivity contribution in [3.8, 4) is 0 Å². The van der Waals surface area contributed by atoms with Crippen LogP contribution in [0.4, 0.5) is 17.6 Å². The molecule has 0 unspecified atom stereocenters. The summed E-state index contributed by atoms with van der Waals surface area (Å²) in [5.74, 6) is -2.13. The molecule has 1 aromatic carbocycles. The molecule has 0 bridgehead atoms. The van der Waals surface area contributed by atoms with E-state index in [0.717, 1.165) is 30.7 Å². The molecule has 4 nitrogen and oxygen atoms in total. The summed E-state index contributed by atoms with van der Waals surface area (Å²) in [5, 5.41) is 0. The fraction of sp³-hybridized carbons (Fsp3) is 0.500. The van der Waals surface area contributed by atoms with Crippen molar-refractivity contribution in [2.45, 2.75) is 51.7 Å². The van der Waals surface area contributed by atoms with Gasteiger partial charge in [0.25, 0.3) is 5.91 Å². The van der Waals surface area contributed by atoms with Crippen molar-refractivity contribution in [1.82, 2.24) is 9.36 Å². The van der Waals surface area contributed by atoms with Crippen LogP contribution >= 0.6 is 0 Å². The van der Waals surface area contributed by atoms with Crippen LogP contribution in [0.5, 0.6) is 0 Å². The van der Waals surface area contributed by atoms with E-state index >= 15 is 0 Å². The van der Waals surface area contributed by atoms with Crippen LogP contribution in [0.1, 0.15) is 55.2 Å². The molecular weight excluding hydrogens is 374 g/mol. The quantitative estimate of drug-likeness (QED) is 0.706. The molecular formula is C20H23F4N3O. The van der Waals surface area contributed by atoms with Gasteiger partial charge >= 0.3 is 6.18 Å². The molecule has 1 aromatic heterocycles. The summed E-state index contributed by atoms with van der Waals surface area (Å²) in [7, 11) is 1.86. The third kappa shape index (κ3) is 4.05. The normalized spacial score (nSPS) is 15.9. The Morgan fingerprint density at radius 2 is 1.86 bits per heavy atom. The first kappa shape index (κ1) is 20.4. The number of aromatic nitrogens is 2. The SMILES string of the molecule is Cn1c(C(C)(C)C)c/c(=N\C(=O)c2cccc(C(F)(F)F)c2F)n1CC1CC1. The van der Waals surface area contributed by atoms with Gasteiger partial charge in [0, 0.05) is 30.8 Å². The monoisotopic (exact) mass is 397 g/mol. The Bertz CT molecular complexity index is 973. The van der Waals surface area contributed by atoms with Crippen LogP contribution in [0, 0.1) is 11.7 Å². The number of benzene rings is 1. The third-order valence-corrected chi connectivity index (χ3v) is 4.89. The fourth-order valence-corrected chi connectivity index (χ4v) is 3.21. The molecule has 0 spiro atoms. The van der Waals surface area contributed by atoms with Gasteiger partial charge in [0.05, 0.1) is 11.1 Å². The second kappa shape index (κ2) is 6.90. The van der Waals surface area contributed by atoms with Gasteiger partial charge in [-0.2, -0.15) is 18.2 Å². The van der Waals surface area contributed by atoms with Crippen LogP contribution in [0.2, 0.25) is 0 Å². The van der Waals surface area contributed by atoms with Crippen LogP contribution in [0.3, 0.4) is 0 Å². The number of hydrogen-bond donors (Lipinski definition) is 0. The first-order chi connectivity index (χ1) is 12.9. The van der Waals surface area contributed by atoms with Crippen molar-refractivity contribution in [3.05, 3.63) is 52.4 Å². The Balaban J connectivity index is 2.10. The summed E-state index contributed by atoms with van der Waals surface area (Å²) in [5.41, 5.74) is -1.14. The minimum absolute atomic E-state index is 0.224. The second-order valence-electron chi connectivity index (χ2n) is 8.27. The molecule has 0 radical (unpaired) electrons. The molecule has 28 heavy (non-hydrogen) atoms. The highest BCUT2D eigenvalue weighted by atomic mass is 19.4. The largest absolute Gasteiger partial charge is 0.419 e. The molecule has 1 amide bonds. The van der Waals surface area contributed by atoms with Crippen molar-refractivity contribution >= 4 is 5.91 Å². The van der Waals surface area contributed by atoms with E-state index in [1.807, 2.05) is 37.2 Å². The van der Waals surface area contributed by atoms with E-state index in [2.05, 4.69) is 4.99 Å². The maximum atomic E-state index is 14.3. The van der Waals surface area contributed by atoms with E-state index in [1.54, 1.807) is 6.07 Å². The van der Waals surface area contributed by atoms with E-state index in [4.69, 9.17) is 0 Å². The first-order valence-corrected chi connectivity index (χ1v) is 9.11. The maximum absolute atomic E-state index is 14.3. The molecule has 1 saturated carbocycles. The number of halogens is 4. The zero-order chi connectivity index (χ0) is 20.9. The van der Waals surface area contributed by atoms with Crippen LogP contribution in [-0.4, -0.2) is 15.3 Å². The van der Waals surface area contributed by atoms with E-state index in [1.165, 1.54) is 0 Å². The van der Waals surface area contributed by atoms with E-state index in [0.29, 0.717) is 24.0 Å². The number of alkyl halides is 3. The zero-order valence-electron chi connectivity index (χ0n) is 16.3. The van der Waals surface area contributed by atoms with Crippen molar-refractivity contribution in [2.75, 3.05) is 0 Å². The highest BCUT2D eigenvalue weighted by Crippen LogP contribution is 2.33. The van der Waals surface area contributed by atoms with Gasteiger partial charge < -0.3 is 0 Å². The Hall–Kier alpha value is -2.38. The lowest BCUT2D eigenvalue weighted by Gasteiger charge is -2.20. The summed E-state index contributed by atoms with van der Waals surface area (Å²) in [4.78, 5) is 16.5. The van der Waals surface area contributed by atoms with Crippen LogP contribution in [0.25, 0.3) is 0 Å².